The van der Waals surface area contributed by atoms with Crippen LogP contribution < -0.4 is 10.2 Å². The fraction of sp³-hybridized carbons (Fsp3) is 0.267. The van der Waals surface area contributed by atoms with Crippen molar-refractivity contribution in [1.82, 2.24) is 4.57 Å². The summed E-state index contributed by atoms with van der Waals surface area (Å²) in [5.74, 6) is -1.64. The van der Waals surface area contributed by atoms with E-state index in [1.54, 1.807) is 12.3 Å². The van der Waals surface area contributed by atoms with Gasteiger partial charge in [-0.25, -0.2) is 4.39 Å². The second kappa shape index (κ2) is 7.19. The summed E-state index contributed by atoms with van der Waals surface area (Å²) in [6, 6.07) is 5.21. The van der Waals surface area contributed by atoms with Gasteiger partial charge in [0.1, 0.15) is 12.4 Å². The summed E-state index contributed by atoms with van der Waals surface area (Å²) in [5.41, 5.74) is 1.05. The van der Waals surface area contributed by atoms with E-state index in [0.29, 0.717) is 11.4 Å². The van der Waals surface area contributed by atoms with Crippen molar-refractivity contribution < 1.29 is 18.7 Å². The lowest BCUT2D eigenvalue weighted by Gasteiger charge is -2.14. The molecule has 1 N–H and O–H groups in total. The van der Waals surface area contributed by atoms with Crippen molar-refractivity contribution in [1.29, 1.82) is 0 Å². The number of aromatic nitrogens is 1. The lowest BCUT2D eigenvalue weighted by molar-refractivity contribution is -0.153. The van der Waals surface area contributed by atoms with Crippen LogP contribution in [0.25, 0.3) is 0 Å². The molecule has 0 unspecified atom stereocenters. The second-order valence-corrected chi connectivity index (χ2v) is 5.68. The first-order chi connectivity index (χ1) is 10.9. The molecule has 1 aromatic heterocycles. The van der Waals surface area contributed by atoms with Crippen LogP contribution in [0.4, 0.5) is 10.1 Å². The molecule has 0 saturated carbocycles. The number of benzene rings is 1. The van der Waals surface area contributed by atoms with Crippen LogP contribution in [0.15, 0.2) is 34.4 Å². The molecule has 2 rings (SSSR count). The Hall–Kier alpha value is -2.48. The average molecular weight is 338 g/mol. The Morgan fingerprint density at radius 1 is 1.35 bits per heavy atom. The largest absolute Gasteiger partial charge is 0.451 e. The van der Waals surface area contributed by atoms with Gasteiger partial charge in [-0.3, -0.25) is 19.0 Å². The topological polar surface area (TPSA) is 77.4 Å². The van der Waals surface area contributed by atoms with Crippen molar-refractivity contribution in [3.05, 3.63) is 50.8 Å². The van der Waals surface area contributed by atoms with Gasteiger partial charge in [0.05, 0.1) is 0 Å². The molecular formula is C15H15FN2O4S. The Morgan fingerprint density at radius 2 is 2.00 bits per heavy atom. The number of carbonyl (C=O) groups is 2. The van der Waals surface area contributed by atoms with Gasteiger partial charge >= 0.3 is 10.8 Å². The number of carbonyl (C=O) groups excluding carboxylic acids is 2. The molecule has 8 heteroatoms. The molecule has 1 atom stereocenters. The van der Waals surface area contributed by atoms with Gasteiger partial charge in [-0.15, -0.1) is 0 Å². The lowest BCUT2D eigenvalue weighted by atomic mass is 10.3. The molecule has 0 aliphatic heterocycles. The highest BCUT2D eigenvalue weighted by Crippen LogP contribution is 2.09. The minimum absolute atomic E-state index is 0.248. The normalized spacial score (nSPS) is 11.8. The summed E-state index contributed by atoms with van der Waals surface area (Å²) in [4.78, 5) is 35.0. The standard InChI is InChI=1S/C15H15FN2O4S/c1-9-8-23-15(21)18(9)7-13(19)22-10(2)14(20)17-12-5-3-11(16)4-6-12/h3-6,8,10H,7H2,1-2H3,(H,17,20)/t10-/m1/s1. The third kappa shape index (κ3) is 4.49. The predicted octanol–water partition coefficient (Wildman–Crippen LogP) is 1.93. The first-order valence-electron chi connectivity index (χ1n) is 6.77. The van der Waals surface area contributed by atoms with Gasteiger partial charge in [-0.2, -0.15) is 0 Å². The van der Waals surface area contributed by atoms with Gasteiger partial charge in [-0.05, 0) is 38.1 Å². The summed E-state index contributed by atoms with van der Waals surface area (Å²) in [6.45, 7) is 2.87. The quantitative estimate of drug-likeness (QED) is 0.845. The Kier molecular flexibility index (Phi) is 5.28. The minimum Gasteiger partial charge on any atom is -0.451 e. The molecule has 1 aromatic carbocycles. The highest BCUT2D eigenvalue weighted by atomic mass is 32.1. The summed E-state index contributed by atoms with van der Waals surface area (Å²) in [5, 5.41) is 4.15. The van der Waals surface area contributed by atoms with Crippen molar-refractivity contribution in [3.63, 3.8) is 0 Å². The van der Waals surface area contributed by atoms with Crippen LogP contribution in [-0.4, -0.2) is 22.5 Å². The zero-order valence-electron chi connectivity index (χ0n) is 12.5. The molecule has 0 radical (unpaired) electrons. The van der Waals surface area contributed by atoms with Crippen molar-refractivity contribution in [2.75, 3.05) is 5.32 Å². The van der Waals surface area contributed by atoms with Gasteiger partial charge in [-0.1, -0.05) is 11.3 Å². The maximum Gasteiger partial charge on any atom is 0.326 e. The Labute approximate surface area is 135 Å². The highest BCUT2D eigenvalue weighted by Gasteiger charge is 2.19. The van der Waals surface area contributed by atoms with Crippen LogP contribution in [0.3, 0.4) is 0 Å². The third-order valence-electron chi connectivity index (χ3n) is 3.05. The van der Waals surface area contributed by atoms with E-state index in [1.165, 1.54) is 35.8 Å². The maximum atomic E-state index is 12.8. The first kappa shape index (κ1) is 16.9. The number of hydrogen-bond donors (Lipinski definition) is 1. The van der Waals surface area contributed by atoms with Crippen molar-refractivity contribution >= 4 is 28.9 Å². The molecule has 1 heterocycles. The van der Waals surface area contributed by atoms with Gasteiger partial charge in [0.25, 0.3) is 5.91 Å². The molecule has 2 aromatic rings. The van der Waals surface area contributed by atoms with Crippen LogP contribution in [0.2, 0.25) is 0 Å². The summed E-state index contributed by atoms with van der Waals surface area (Å²) in [6.07, 6.45) is -1.04. The zero-order chi connectivity index (χ0) is 17.0. The Bertz CT molecular complexity index is 767. The number of esters is 1. The summed E-state index contributed by atoms with van der Waals surface area (Å²) in [7, 11) is 0. The van der Waals surface area contributed by atoms with Crippen LogP contribution in [0.5, 0.6) is 0 Å². The molecule has 122 valence electrons. The number of hydrogen-bond acceptors (Lipinski definition) is 5. The molecule has 0 aliphatic carbocycles. The second-order valence-electron chi connectivity index (χ2n) is 4.86. The molecular weight excluding hydrogens is 323 g/mol. The summed E-state index contributed by atoms with van der Waals surface area (Å²) >= 11 is 0.991. The SMILES string of the molecule is Cc1csc(=O)n1CC(=O)O[C@H](C)C(=O)Nc1ccc(F)cc1. The Balaban J connectivity index is 1.91. The molecule has 0 fully saturated rings. The molecule has 23 heavy (non-hydrogen) atoms. The summed E-state index contributed by atoms with van der Waals surface area (Å²) < 4.78 is 19.1. The van der Waals surface area contributed by atoms with E-state index in [0.717, 1.165) is 11.3 Å². The van der Waals surface area contributed by atoms with Crippen molar-refractivity contribution in [3.8, 4) is 0 Å². The number of rotatable bonds is 5. The van der Waals surface area contributed by atoms with Crippen LogP contribution in [-0.2, 0) is 20.9 Å². The van der Waals surface area contributed by atoms with Gasteiger partial charge < -0.3 is 10.1 Å². The van der Waals surface area contributed by atoms with Crippen LogP contribution >= 0.6 is 11.3 Å². The number of thiazole rings is 1. The highest BCUT2D eigenvalue weighted by molar-refractivity contribution is 7.07. The lowest BCUT2D eigenvalue weighted by Crippen LogP contribution is -2.32. The fourth-order valence-corrected chi connectivity index (χ4v) is 2.52. The van der Waals surface area contributed by atoms with E-state index in [-0.39, 0.29) is 11.4 Å². The number of anilines is 1. The molecule has 0 aliphatic rings. The van der Waals surface area contributed by atoms with E-state index in [1.807, 2.05) is 0 Å². The molecule has 0 saturated heterocycles. The molecule has 1 amide bonds. The molecule has 0 bridgehead atoms. The molecule has 6 nitrogen and oxygen atoms in total. The van der Waals surface area contributed by atoms with Gasteiger partial charge in [0.15, 0.2) is 6.10 Å². The third-order valence-corrected chi connectivity index (χ3v) is 3.93. The monoisotopic (exact) mass is 338 g/mol. The number of nitrogens with one attached hydrogen (secondary N) is 1. The van der Waals surface area contributed by atoms with Crippen molar-refractivity contribution in [2.24, 2.45) is 0 Å². The van der Waals surface area contributed by atoms with E-state index >= 15 is 0 Å². The smallest absolute Gasteiger partial charge is 0.326 e. The first-order valence-corrected chi connectivity index (χ1v) is 7.65. The maximum absolute atomic E-state index is 12.8. The zero-order valence-corrected chi connectivity index (χ0v) is 13.4. The van der Waals surface area contributed by atoms with Crippen molar-refractivity contribution in [2.45, 2.75) is 26.5 Å². The van der Waals surface area contributed by atoms with E-state index < -0.39 is 23.8 Å². The van der Waals surface area contributed by atoms with E-state index in [4.69, 9.17) is 4.74 Å². The minimum atomic E-state index is -1.04. The van der Waals surface area contributed by atoms with Crippen LogP contribution in [0, 0.1) is 12.7 Å². The van der Waals surface area contributed by atoms with E-state index in [9.17, 15) is 18.8 Å². The number of aryl methyl sites for hydroxylation is 1. The number of ether oxygens (including phenoxy) is 1. The van der Waals surface area contributed by atoms with Gasteiger partial charge in [0.2, 0.25) is 0 Å². The number of amides is 1. The van der Waals surface area contributed by atoms with Crippen LogP contribution in [0.1, 0.15) is 12.6 Å². The Morgan fingerprint density at radius 3 is 2.57 bits per heavy atom. The number of halogens is 1. The van der Waals surface area contributed by atoms with Gasteiger partial charge in [0, 0.05) is 16.8 Å². The predicted molar refractivity (Wildman–Crippen MR) is 83.9 cm³/mol. The van der Waals surface area contributed by atoms with E-state index in [2.05, 4.69) is 5.32 Å². The fourth-order valence-electron chi connectivity index (χ4n) is 1.79. The molecule has 0 spiro atoms. The number of nitrogens with zero attached hydrogens (tertiary/aromatic N) is 1. The average Bonchev–Trinajstić information content (AvgIpc) is 2.81.